The molecule has 1 aliphatic rings. The molecule has 0 spiro atoms. The quantitative estimate of drug-likeness (QED) is 0.707. The first-order chi connectivity index (χ1) is 8.36. The molecule has 0 aliphatic carbocycles. The van der Waals surface area contributed by atoms with Crippen molar-refractivity contribution in [3.63, 3.8) is 0 Å². The number of alkyl halides is 1. The van der Waals surface area contributed by atoms with E-state index in [4.69, 9.17) is 11.6 Å². The third-order valence-electron chi connectivity index (χ3n) is 4.35. The van der Waals surface area contributed by atoms with Crippen LogP contribution in [0, 0.1) is 11.3 Å². The standard InChI is InChI=1S/C15H28ClNO/c1-12(15(2,3)4)11-14(18)17-10-6-5-7-13(17)8-9-16/h12-13H,5-11H2,1-4H3. The van der Waals surface area contributed by atoms with E-state index in [0.29, 0.717) is 30.2 Å². The third kappa shape index (κ3) is 4.46. The van der Waals surface area contributed by atoms with Gasteiger partial charge >= 0.3 is 0 Å². The summed E-state index contributed by atoms with van der Waals surface area (Å²) < 4.78 is 0. The highest BCUT2D eigenvalue weighted by molar-refractivity contribution is 6.17. The van der Waals surface area contributed by atoms with Gasteiger partial charge in [0.1, 0.15) is 0 Å². The van der Waals surface area contributed by atoms with Gasteiger partial charge in [0.15, 0.2) is 0 Å². The summed E-state index contributed by atoms with van der Waals surface area (Å²) in [6.07, 6.45) is 5.12. The Balaban J connectivity index is 2.58. The largest absolute Gasteiger partial charge is 0.340 e. The molecule has 2 nitrogen and oxygen atoms in total. The van der Waals surface area contributed by atoms with E-state index >= 15 is 0 Å². The van der Waals surface area contributed by atoms with Crippen LogP contribution in [0.2, 0.25) is 0 Å². The van der Waals surface area contributed by atoms with Crippen LogP contribution in [0.15, 0.2) is 0 Å². The second kappa shape index (κ2) is 6.79. The number of likely N-dealkylation sites (tertiary alicyclic amines) is 1. The summed E-state index contributed by atoms with van der Waals surface area (Å²) in [6.45, 7) is 9.72. The minimum absolute atomic E-state index is 0.202. The first-order valence-corrected chi connectivity index (χ1v) is 7.75. The summed E-state index contributed by atoms with van der Waals surface area (Å²) in [5, 5.41) is 0. The molecule has 2 unspecified atom stereocenters. The fourth-order valence-electron chi connectivity index (χ4n) is 2.44. The van der Waals surface area contributed by atoms with Crippen molar-refractivity contribution in [1.29, 1.82) is 0 Å². The third-order valence-corrected chi connectivity index (χ3v) is 4.57. The molecule has 3 heteroatoms. The molecule has 1 fully saturated rings. The molecule has 1 heterocycles. The van der Waals surface area contributed by atoms with E-state index < -0.39 is 0 Å². The lowest BCUT2D eigenvalue weighted by molar-refractivity contribution is -0.136. The molecule has 1 saturated heterocycles. The number of amides is 1. The van der Waals surface area contributed by atoms with Crippen molar-refractivity contribution in [2.75, 3.05) is 12.4 Å². The molecule has 0 aromatic rings. The molecule has 0 N–H and O–H groups in total. The number of rotatable bonds is 4. The molecule has 1 aliphatic heterocycles. The van der Waals surface area contributed by atoms with Crippen molar-refractivity contribution in [2.24, 2.45) is 11.3 Å². The number of halogens is 1. The summed E-state index contributed by atoms with van der Waals surface area (Å²) in [6, 6.07) is 0.385. The molecule has 0 saturated carbocycles. The lowest BCUT2D eigenvalue weighted by Gasteiger charge is -2.37. The van der Waals surface area contributed by atoms with Gasteiger partial charge in [-0.15, -0.1) is 11.6 Å². The van der Waals surface area contributed by atoms with Crippen molar-refractivity contribution >= 4 is 17.5 Å². The predicted octanol–water partition coefficient (Wildman–Crippen LogP) is 4.07. The van der Waals surface area contributed by atoms with Crippen molar-refractivity contribution in [3.05, 3.63) is 0 Å². The molecule has 1 rings (SSSR count). The van der Waals surface area contributed by atoms with Crippen LogP contribution in [0.5, 0.6) is 0 Å². The maximum Gasteiger partial charge on any atom is 0.223 e. The van der Waals surface area contributed by atoms with Crippen molar-refractivity contribution < 1.29 is 4.79 Å². The predicted molar refractivity (Wildman–Crippen MR) is 77.9 cm³/mol. The minimum atomic E-state index is 0.202. The van der Waals surface area contributed by atoms with Crippen molar-refractivity contribution in [3.8, 4) is 0 Å². The highest BCUT2D eigenvalue weighted by atomic mass is 35.5. The Kier molecular flexibility index (Phi) is 5.97. The maximum absolute atomic E-state index is 12.4. The van der Waals surface area contributed by atoms with Gasteiger partial charge in [-0.1, -0.05) is 27.7 Å². The number of hydrogen-bond donors (Lipinski definition) is 0. The average molecular weight is 274 g/mol. The number of carbonyl (C=O) groups is 1. The SMILES string of the molecule is CC(CC(=O)N1CCCCC1CCCl)C(C)(C)C. The van der Waals surface area contributed by atoms with E-state index in [1.165, 1.54) is 6.42 Å². The van der Waals surface area contributed by atoms with Gasteiger partial charge < -0.3 is 4.90 Å². The Morgan fingerprint density at radius 3 is 2.61 bits per heavy atom. The Morgan fingerprint density at radius 1 is 1.39 bits per heavy atom. The Hall–Kier alpha value is -0.240. The van der Waals surface area contributed by atoms with Crippen LogP contribution < -0.4 is 0 Å². The molecule has 0 aromatic carbocycles. The van der Waals surface area contributed by atoms with E-state index in [0.717, 1.165) is 25.8 Å². The van der Waals surface area contributed by atoms with Gasteiger partial charge in [0, 0.05) is 24.9 Å². The normalized spacial score (nSPS) is 22.9. The van der Waals surface area contributed by atoms with E-state index in [1.54, 1.807) is 0 Å². The van der Waals surface area contributed by atoms with Gasteiger partial charge in [0.2, 0.25) is 5.91 Å². The minimum Gasteiger partial charge on any atom is -0.340 e. The van der Waals surface area contributed by atoms with E-state index in [-0.39, 0.29) is 5.41 Å². The summed E-state index contributed by atoms with van der Waals surface area (Å²) in [7, 11) is 0. The van der Waals surface area contributed by atoms with Gasteiger partial charge in [-0.25, -0.2) is 0 Å². The Morgan fingerprint density at radius 2 is 2.06 bits per heavy atom. The molecule has 2 atom stereocenters. The highest BCUT2D eigenvalue weighted by Gasteiger charge is 2.29. The van der Waals surface area contributed by atoms with Gasteiger partial charge in [-0.2, -0.15) is 0 Å². The van der Waals surface area contributed by atoms with E-state index in [2.05, 4.69) is 32.6 Å². The highest BCUT2D eigenvalue weighted by Crippen LogP contribution is 2.30. The van der Waals surface area contributed by atoms with Crippen molar-refractivity contribution in [1.82, 2.24) is 4.90 Å². The van der Waals surface area contributed by atoms with Gasteiger partial charge in [0.25, 0.3) is 0 Å². The monoisotopic (exact) mass is 273 g/mol. The number of nitrogens with zero attached hydrogens (tertiary/aromatic N) is 1. The molecule has 1 amide bonds. The zero-order chi connectivity index (χ0) is 13.8. The zero-order valence-corrected chi connectivity index (χ0v) is 13.1. The zero-order valence-electron chi connectivity index (χ0n) is 12.3. The Bertz CT molecular complexity index is 270. The van der Waals surface area contributed by atoms with Crippen LogP contribution in [0.25, 0.3) is 0 Å². The molecular formula is C15H28ClNO. The van der Waals surface area contributed by atoms with Crippen LogP contribution in [-0.4, -0.2) is 29.3 Å². The van der Waals surface area contributed by atoms with Crippen LogP contribution >= 0.6 is 11.6 Å². The topological polar surface area (TPSA) is 20.3 Å². The van der Waals surface area contributed by atoms with Gasteiger partial charge in [-0.05, 0) is 37.0 Å². The van der Waals surface area contributed by atoms with E-state index in [1.807, 2.05) is 0 Å². The Labute approximate surface area is 117 Å². The summed E-state index contributed by atoms with van der Waals surface area (Å²) in [4.78, 5) is 14.5. The number of piperidine rings is 1. The second-order valence-electron chi connectivity index (χ2n) is 6.69. The second-order valence-corrected chi connectivity index (χ2v) is 7.06. The summed E-state index contributed by atoms with van der Waals surface area (Å²) in [5.74, 6) is 1.40. The van der Waals surface area contributed by atoms with Crippen LogP contribution in [0.3, 0.4) is 0 Å². The number of carbonyl (C=O) groups excluding carboxylic acids is 1. The average Bonchev–Trinajstić information content (AvgIpc) is 2.28. The lowest BCUT2D eigenvalue weighted by Crippen LogP contribution is -2.45. The molecule has 0 radical (unpaired) electrons. The van der Waals surface area contributed by atoms with Gasteiger partial charge in [-0.3, -0.25) is 4.79 Å². The lowest BCUT2D eigenvalue weighted by atomic mass is 9.79. The summed E-state index contributed by atoms with van der Waals surface area (Å²) >= 11 is 5.85. The van der Waals surface area contributed by atoms with Crippen LogP contribution in [0.4, 0.5) is 0 Å². The van der Waals surface area contributed by atoms with E-state index in [9.17, 15) is 4.79 Å². The molecule has 0 aromatic heterocycles. The first kappa shape index (κ1) is 15.8. The van der Waals surface area contributed by atoms with Gasteiger partial charge in [0.05, 0.1) is 0 Å². The molecular weight excluding hydrogens is 246 g/mol. The first-order valence-electron chi connectivity index (χ1n) is 7.21. The fraction of sp³-hybridized carbons (Fsp3) is 0.933. The molecule has 0 bridgehead atoms. The molecule has 106 valence electrons. The van der Waals surface area contributed by atoms with Crippen LogP contribution in [-0.2, 0) is 4.79 Å². The smallest absolute Gasteiger partial charge is 0.223 e. The maximum atomic E-state index is 12.4. The number of hydrogen-bond acceptors (Lipinski definition) is 1. The van der Waals surface area contributed by atoms with Crippen LogP contribution in [0.1, 0.15) is 59.8 Å². The fourth-order valence-corrected chi connectivity index (χ4v) is 2.69. The molecule has 18 heavy (non-hydrogen) atoms. The summed E-state index contributed by atoms with van der Waals surface area (Å²) in [5.41, 5.74) is 0.202. The van der Waals surface area contributed by atoms with Crippen molar-refractivity contribution in [2.45, 2.75) is 65.8 Å².